The molecular formula is C30H34F3N5O2. The molecule has 4 atom stereocenters. The smallest absolute Gasteiger partial charge is 0.376 e. The normalized spacial score (nSPS) is 23.3. The molecule has 6 rings (SSSR count). The van der Waals surface area contributed by atoms with Gasteiger partial charge in [-0.1, -0.05) is 19.1 Å². The number of likely N-dealkylation sites (tertiary alicyclic amines) is 1. The van der Waals surface area contributed by atoms with E-state index in [0.29, 0.717) is 35.8 Å². The van der Waals surface area contributed by atoms with Gasteiger partial charge in [-0.2, -0.15) is 18.3 Å². The monoisotopic (exact) mass is 553 g/mol. The molecule has 0 radical (unpaired) electrons. The molecule has 1 saturated heterocycles. The van der Waals surface area contributed by atoms with Crippen molar-refractivity contribution in [3.8, 4) is 11.4 Å². The molecule has 212 valence electrons. The van der Waals surface area contributed by atoms with Crippen LogP contribution in [-0.4, -0.2) is 54.9 Å². The third-order valence-corrected chi connectivity index (χ3v) is 8.97. The van der Waals surface area contributed by atoms with Crippen LogP contribution in [0.4, 0.5) is 13.2 Å². The third kappa shape index (κ3) is 4.19. The van der Waals surface area contributed by atoms with Crippen molar-refractivity contribution in [1.29, 1.82) is 0 Å². The number of nitrogens with two attached hydrogens (primary N) is 1. The Morgan fingerprint density at radius 3 is 2.48 bits per heavy atom. The number of aromatic nitrogens is 3. The van der Waals surface area contributed by atoms with Gasteiger partial charge < -0.3 is 20.3 Å². The first kappa shape index (κ1) is 26.8. The van der Waals surface area contributed by atoms with E-state index >= 15 is 0 Å². The molecule has 0 bridgehead atoms. The number of rotatable bonds is 5. The van der Waals surface area contributed by atoms with Gasteiger partial charge in [0.05, 0.1) is 16.8 Å². The molecule has 3 N–H and O–H groups in total. The number of pyridine rings is 1. The molecule has 2 fully saturated rings. The van der Waals surface area contributed by atoms with Crippen LogP contribution in [0.15, 0.2) is 42.6 Å². The quantitative estimate of drug-likeness (QED) is 0.353. The van der Waals surface area contributed by atoms with Crippen molar-refractivity contribution in [2.75, 3.05) is 6.54 Å². The van der Waals surface area contributed by atoms with Crippen molar-refractivity contribution in [2.24, 2.45) is 17.6 Å². The van der Waals surface area contributed by atoms with Crippen molar-refractivity contribution in [1.82, 2.24) is 19.1 Å². The number of amides is 1. The fourth-order valence-corrected chi connectivity index (χ4v) is 5.93. The highest BCUT2D eigenvalue weighted by Gasteiger charge is 2.51. The molecular weight excluding hydrogens is 519 g/mol. The lowest BCUT2D eigenvalue weighted by atomic mass is 9.94. The lowest BCUT2D eigenvalue weighted by Crippen LogP contribution is -2.41. The number of hydrogen-bond acceptors (Lipinski definition) is 4. The second-order valence-electron chi connectivity index (χ2n) is 11.9. The Labute approximate surface area is 230 Å². The van der Waals surface area contributed by atoms with E-state index in [1.54, 1.807) is 16.8 Å². The molecule has 4 heterocycles. The summed E-state index contributed by atoms with van der Waals surface area (Å²) in [5.74, 6) is 0.574. The zero-order valence-electron chi connectivity index (χ0n) is 23.0. The van der Waals surface area contributed by atoms with E-state index in [1.165, 1.54) is 12.1 Å². The van der Waals surface area contributed by atoms with Gasteiger partial charge in [-0.25, -0.2) is 4.52 Å². The van der Waals surface area contributed by atoms with Crippen LogP contribution in [0.25, 0.3) is 27.8 Å². The molecule has 10 heteroatoms. The second kappa shape index (κ2) is 9.07. The van der Waals surface area contributed by atoms with E-state index in [9.17, 15) is 23.1 Å². The number of aryl methyl sites for hydroxylation is 1. The van der Waals surface area contributed by atoms with Crippen molar-refractivity contribution in [2.45, 2.75) is 70.9 Å². The third-order valence-electron chi connectivity index (χ3n) is 8.97. The maximum atomic E-state index is 13.6. The molecule has 1 aromatic carbocycles. The predicted octanol–water partition coefficient (Wildman–Crippen LogP) is 5.25. The van der Waals surface area contributed by atoms with E-state index < -0.39 is 11.8 Å². The van der Waals surface area contributed by atoms with Gasteiger partial charge in [0.1, 0.15) is 5.69 Å². The molecule has 3 aromatic heterocycles. The molecule has 1 amide bonds. The van der Waals surface area contributed by atoms with E-state index in [4.69, 9.17) is 10.8 Å². The van der Waals surface area contributed by atoms with Crippen LogP contribution >= 0.6 is 0 Å². The molecule has 4 aromatic rings. The minimum absolute atomic E-state index is 0.0609. The van der Waals surface area contributed by atoms with E-state index in [2.05, 4.69) is 6.92 Å². The number of nitrogens with zero attached hydrogens (tertiary/aromatic N) is 4. The Kier molecular flexibility index (Phi) is 6.09. The summed E-state index contributed by atoms with van der Waals surface area (Å²) in [4.78, 5) is 15.2. The Morgan fingerprint density at radius 1 is 1.12 bits per heavy atom. The SMILES string of the molecule is Cc1c(-c2cc3ccc(C(C)(O)C(F)(F)F)cc3n2CC2CC2)nn2cc(C(=O)N3CC(C)C(N)C3C)ccc12. The van der Waals surface area contributed by atoms with Crippen molar-refractivity contribution in [3.05, 3.63) is 59.3 Å². The van der Waals surface area contributed by atoms with Crippen LogP contribution in [-0.2, 0) is 12.1 Å². The fraction of sp³-hybridized carbons (Fsp3) is 0.467. The van der Waals surface area contributed by atoms with E-state index in [-0.39, 0.29) is 29.5 Å². The summed E-state index contributed by atoms with van der Waals surface area (Å²) in [6, 6.07) is 9.91. The van der Waals surface area contributed by atoms with Gasteiger partial charge in [0, 0.05) is 47.8 Å². The topological polar surface area (TPSA) is 88.8 Å². The highest BCUT2D eigenvalue weighted by atomic mass is 19.4. The Balaban J connectivity index is 1.44. The van der Waals surface area contributed by atoms with E-state index in [1.807, 2.05) is 41.5 Å². The summed E-state index contributed by atoms with van der Waals surface area (Å²) in [6.45, 7) is 8.02. The molecule has 0 spiro atoms. The van der Waals surface area contributed by atoms with Crippen LogP contribution in [0.2, 0.25) is 0 Å². The highest BCUT2D eigenvalue weighted by Crippen LogP contribution is 2.42. The fourth-order valence-electron chi connectivity index (χ4n) is 5.93. The van der Waals surface area contributed by atoms with Gasteiger partial charge in [0.25, 0.3) is 5.91 Å². The van der Waals surface area contributed by atoms with Crippen LogP contribution in [0.1, 0.15) is 55.1 Å². The van der Waals surface area contributed by atoms with Gasteiger partial charge in [0.15, 0.2) is 5.60 Å². The number of halogens is 3. The first-order chi connectivity index (χ1) is 18.8. The number of benzene rings is 1. The molecule has 40 heavy (non-hydrogen) atoms. The molecule has 1 saturated carbocycles. The van der Waals surface area contributed by atoms with Crippen LogP contribution in [0.3, 0.4) is 0 Å². The summed E-state index contributed by atoms with van der Waals surface area (Å²) in [5.41, 5.74) is 7.50. The summed E-state index contributed by atoms with van der Waals surface area (Å²) in [5, 5.41) is 16.0. The minimum Gasteiger partial charge on any atom is -0.376 e. The van der Waals surface area contributed by atoms with Crippen molar-refractivity contribution in [3.63, 3.8) is 0 Å². The number of carbonyl (C=O) groups is 1. The summed E-state index contributed by atoms with van der Waals surface area (Å²) >= 11 is 0. The standard InChI is InChI=1S/C30H34F3N5O2/c1-16-13-36(18(3)26(16)34)28(39)21-8-10-23-17(2)27(35-38(23)15-21)25-11-20-7-9-22(29(4,40)30(31,32)33)12-24(20)37(25)14-19-5-6-19/h7-12,15-16,18-19,26,40H,5-6,13-14,34H2,1-4H3. The average Bonchev–Trinajstić information content (AvgIpc) is 3.51. The predicted molar refractivity (Wildman–Crippen MR) is 147 cm³/mol. The molecule has 2 aliphatic rings. The number of alkyl halides is 3. The molecule has 1 aliphatic heterocycles. The van der Waals surface area contributed by atoms with Crippen molar-refractivity contribution >= 4 is 22.3 Å². The van der Waals surface area contributed by atoms with Crippen LogP contribution < -0.4 is 5.73 Å². The van der Waals surface area contributed by atoms with E-state index in [0.717, 1.165) is 41.9 Å². The lowest BCUT2D eigenvalue weighted by Gasteiger charge is -2.27. The number of fused-ring (bicyclic) bond motifs is 2. The minimum atomic E-state index is -4.80. The van der Waals surface area contributed by atoms with Gasteiger partial charge in [-0.3, -0.25) is 4.79 Å². The highest BCUT2D eigenvalue weighted by molar-refractivity contribution is 5.95. The first-order valence-corrected chi connectivity index (χ1v) is 13.8. The molecule has 7 nitrogen and oxygen atoms in total. The largest absolute Gasteiger partial charge is 0.421 e. The van der Waals surface area contributed by atoms with Gasteiger partial charge in [0.2, 0.25) is 0 Å². The summed E-state index contributed by atoms with van der Waals surface area (Å²) in [6.07, 6.45) is -0.944. The van der Waals surface area contributed by atoms with Crippen molar-refractivity contribution < 1.29 is 23.1 Å². The second-order valence-corrected chi connectivity index (χ2v) is 11.9. The maximum Gasteiger partial charge on any atom is 0.421 e. The number of aliphatic hydroxyl groups is 1. The van der Waals surface area contributed by atoms with Gasteiger partial charge in [-0.05, 0) is 75.3 Å². The Hall–Kier alpha value is -3.37. The first-order valence-electron chi connectivity index (χ1n) is 13.8. The summed E-state index contributed by atoms with van der Waals surface area (Å²) < 4.78 is 44.6. The maximum absolute atomic E-state index is 13.6. The molecule has 1 aliphatic carbocycles. The Bertz CT molecular complexity index is 1630. The number of carbonyl (C=O) groups excluding carboxylic acids is 1. The zero-order valence-corrected chi connectivity index (χ0v) is 23.0. The molecule has 4 unspecified atom stereocenters. The Morgan fingerprint density at radius 2 is 1.85 bits per heavy atom. The van der Waals surface area contributed by atoms with Crippen LogP contribution in [0.5, 0.6) is 0 Å². The van der Waals surface area contributed by atoms with Gasteiger partial charge in [-0.15, -0.1) is 0 Å². The average molecular weight is 554 g/mol. The zero-order chi connectivity index (χ0) is 28.7. The summed E-state index contributed by atoms with van der Waals surface area (Å²) in [7, 11) is 0. The number of hydrogen-bond donors (Lipinski definition) is 2. The van der Waals surface area contributed by atoms with Crippen LogP contribution in [0, 0.1) is 18.8 Å². The lowest BCUT2D eigenvalue weighted by molar-refractivity contribution is -0.258. The van der Waals surface area contributed by atoms with Gasteiger partial charge >= 0.3 is 6.18 Å².